The van der Waals surface area contributed by atoms with Crippen LogP contribution in [0.25, 0.3) is 0 Å². The van der Waals surface area contributed by atoms with Crippen LogP contribution in [0.15, 0.2) is 108 Å². The Balaban J connectivity index is 1.18. The van der Waals surface area contributed by atoms with Gasteiger partial charge in [0.25, 0.3) is 0 Å². The fourth-order valence-corrected chi connectivity index (χ4v) is 7.33. The lowest BCUT2D eigenvalue weighted by atomic mass is 9.78. The molecular formula is C39H37FN2O11S. The largest absolute Gasteiger partial charge is 0.479 e. The van der Waals surface area contributed by atoms with Gasteiger partial charge in [-0.2, -0.15) is 4.72 Å². The average Bonchev–Trinajstić information content (AvgIpc) is 3.17. The maximum atomic E-state index is 13.7. The van der Waals surface area contributed by atoms with E-state index in [0.717, 1.165) is 0 Å². The van der Waals surface area contributed by atoms with Gasteiger partial charge >= 0.3 is 5.97 Å². The zero-order valence-corrected chi connectivity index (χ0v) is 29.3. The standard InChI is InChI=1S/C39H37FN2O11S/c40-26-14-10-24(11-15-26)31(43)21-20-30-32(25-12-18-28(19-13-25)52-39-35(46)33(44)34(45)36(53-39)38(48)49)42(37(30)47)27-16-8-23(9-17-27)5-4-22-41-54(50,51)29-6-2-1-3-7-29/h1-3,6-19,30-36,39,41,43-46H,20-22H2,(H,48,49)/t30-,31+,32?,33+,34+,35-,36+,39-/m1/s1. The van der Waals surface area contributed by atoms with Crippen LogP contribution in [0, 0.1) is 23.6 Å². The van der Waals surface area contributed by atoms with Crippen LogP contribution in [0.3, 0.4) is 0 Å². The van der Waals surface area contributed by atoms with Crippen LogP contribution in [0.4, 0.5) is 10.1 Å². The third-order valence-corrected chi connectivity index (χ3v) is 10.7. The second kappa shape index (κ2) is 16.5. The summed E-state index contributed by atoms with van der Waals surface area (Å²) in [5.74, 6) is 3.10. The summed E-state index contributed by atoms with van der Waals surface area (Å²) in [6.07, 6.45) is -9.34. The number of amides is 1. The topological polar surface area (TPSA) is 203 Å². The van der Waals surface area contributed by atoms with Crippen molar-refractivity contribution in [1.29, 1.82) is 0 Å². The van der Waals surface area contributed by atoms with E-state index in [-0.39, 0.29) is 35.9 Å². The molecule has 4 aromatic rings. The molecule has 2 aliphatic heterocycles. The molecule has 2 heterocycles. The van der Waals surface area contributed by atoms with Gasteiger partial charge in [0.05, 0.1) is 29.5 Å². The van der Waals surface area contributed by atoms with Crippen molar-refractivity contribution in [2.45, 2.75) is 60.6 Å². The van der Waals surface area contributed by atoms with Gasteiger partial charge in [0.2, 0.25) is 22.2 Å². The molecule has 1 amide bonds. The minimum atomic E-state index is -3.72. The number of anilines is 1. The first-order valence-electron chi connectivity index (χ1n) is 16.9. The number of carbonyl (C=O) groups excluding carboxylic acids is 1. The number of benzene rings is 4. The second-order valence-corrected chi connectivity index (χ2v) is 14.6. The van der Waals surface area contributed by atoms with Crippen LogP contribution in [-0.4, -0.2) is 83.1 Å². The highest BCUT2D eigenvalue weighted by Crippen LogP contribution is 2.46. The molecule has 4 aromatic carbocycles. The first-order valence-corrected chi connectivity index (χ1v) is 18.4. The zero-order valence-electron chi connectivity index (χ0n) is 28.5. The number of nitrogens with zero attached hydrogens (tertiary/aromatic N) is 1. The summed E-state index contributed by atoms with van der Waals surface area (Å²) in [5.41, 5.74) is 2.33. The molecule has 15 heteroatoms. The number of halogens is 1. The molecule has 282 valence electrons. The van der Waals surface area contributed by atoms with Crippen LogP contribution < -0.4 is 14.4 Å². The Hall–Kier alpha value is -5.18. The summed E-state index contributed by atoms with van der Waals surface area (Å²) in [7, 11) is -3.72. The van der Waals surface area contributed by atoms with E-state index in [1.165, 1.54) is 48.5 Å². The summed E-state index contributed by atoms with van der Waals surface area (Å²) in [6, 6.07) is 26.1. The van der Waals surface area contributed by atoms with Crippen molar-refractivity contribution >= 4 is 27.6 Å². The maximum absolute atomic E-state index is 13.7. The summed E-state index contributed by atoms with van der Waals surface area (Å²) in [4.78, 5) is 26.9. The number of hydrogen-bond acceptors (Lipinski definition) is 10. The number of hydrogen-bond donors (Lipinski definition) is 6. The van der Waals surface area contributed by atoms with E-state index in [9.17, 15) is 47.9 Å². The number of carboxylic acids is 1. The van der Waals surface area contributed by atoms with E-state index in [2.05, 4.69) is 16.6 Å². The van der Waals surface area contributed by atoms with Gasteiger partial charge in [-0.15, -0.1) is 0 Å². The van der Waals surface area contributed by atoms with Crippen molar-refractivity contribution in [1.82, 2.24) is 4.72 Å². The van der Waals surface area contributed by atoms with Gasteiger partial charge in [-0.05, 0) is 84.6 Å². The Bertz CT molecular complexity index is 2110. The van der Waals surface area contributed by atoms with Gasteiger partial charge in [-0.3, -0.25) is 4.79 Å². The molecule has 2 saturated heterocycles. The van der Waals surface area contributed by atoms with Gasteiger partial charge in [-0.25, -0.2) is 17.6 Å². The highest BCUT2D eigenvalue weighted by atomic mass is 32.2. The van der Waals surface area contributed by atoms with Crippen molar-refractivity contribution in [3.05, 3.63) is 126 Å². The molecule has 0 spiro atoms. The van der Waals surface area contributed by atoms with Crippen LogP contribution >= 0.6 is 0 Å². The first-order chi connectivity index (χ1) is 25.8. The number of nitrogens with one attached hydrogen (secondary N) is 1. The predicted octanol–water partition coefficient (Wildman–Crippen LogP) is 2.64. The van der Waals surface area contributed by atoms with Crippen LogP contribution in [0.2, 0.25) is 0 Å². The van der Waals surface area contributed by atoms with Gasteiger partial charge in [-0.1, -0.05) is 54.3 Å². The summed E-state index contributed by atoms with van der Waals surface area (Å²) < 4.78 is 51.6. The highest BCUT2D eigenvalue weighted by molar-refractivity contribution is 7.89. The Labute approximate surface area is 310 Å². The van der Waals surface area contributed by atoms with Gasteiger partial charge in [0.15, 0.2) is 6.10 Å². The number of ether oxygens (including phenoxy) is 2. The first kappa shape index (κ1) is 38.5. The SMILES string of the molecule is O=C(O)[C@H]1O[C@@H](Oc2ccc(C3[C@@H](CC[C@H](O)c4ccc(F)cc4)C(=O)N3c3ccc(C#CCNS(=O)(=O)c4ccccc4)cc3)cc2)[C@H](O)[C@@H](O)[C@@H]1O. The lowest BCUT2D eigenvalue weighted by molar-refractivity contribution is -0.271. The lowest BCUT2D eigenvalue weighted by Gasteiger charge is -2.48. The van der Waals surface area contributed by atoms with Crippen LogP contribution in [0.5, 0.6) is 5.75 Å². The van der Waals surface area contributed by atoms with Crippen molar-refractivity contribution in [2.24, 2.45) is 5.92 Å². The van der Waals surface area contributed by atoms with E-state index in [1.807, 2.05) is 0 Å². The fraction of sp³-hybridized carbons (Fsp3) is 0.282. The van der Waals surface area contributed by atoms with Gasteiger partial charge in [0.1, 0.15) is 29.9 Å². The molecule has 54 heavy (non-hydrogen) atoms. The molecule has 1 unspecified atom stereocenters. The number of aliphatic hydroxyl groups is 4. The number of sulfonamides is 1. The zero-order chi connectivity index (χ0) is 38.6. The Morgan fingerprint density at radius 1 is 0.907 bits per heavy atom. The number of aliphatic carboxylic acids is 1. The Kier molecular flexibility index (Phi) is 11.7. The van der Waals surface area contributed by atoms with Gasteiger partial charge < -0.3 is 39.9 Å². The molecule has 6 N–H and O–H groups in total. The van der Waals surface area contributed by atoms with Crippen molar-refractivity contribution in [3.63, 3.8) is 0 Å². The van der Waals surface area contributed by atoms with Crippen molar-refractivity contribution in [2.75, 3.05) is 11.4 Å². The Morgan fingerprint density at radius 2 is 1.57 bits per heavy atom. The molecule has 0 aromatic heterocycles. The molecule has 2 fully saturated rings. The van der Waals surface area contributed by atoms with E-state index in [4.69, 9.17) is 9.47 Å². The quantitative estimate of drug-likeness (QED) is 0.0916. The molecular weight excluding hydrogens is 723 g/mol. The normalized spacial score (nSPS) is 24.5. The molecule has 0 bridgehead atoms. The predicted molar refractivity (Wildman–Crippen MR) is 191 cm³/mol. The van der Waals surface area contributed by atoms with Crippen LogP contribution in [-0.2, 0) is 24.3 Å². The molecule has 13 nitrogen and oxygen atoms in total. The lowest BCUT2D eigenvalue weighted by Crippen LogP contribution is -2.61. The van der Waals surface area contributed by atoms with Crippen molar-refractivity contribution < 1.29 is 57.4 Å². The maximum Gasteiger partial charge on any atom is 0.335 e. The highest BCUT2D eigenvalue weighted by Gasteiger charge is 2.49. The third kappa shape index (κ3) is 8.46. The molecule has 0 aliphatic carbocycles. The number of aliphatic hydroxyl groups excluding tert-OH is 4. The monoisotopic (exact) mass is 760 g/mol. The average molecular weight is 761 g/mol. The molecule has 0 saturated carbocycles. The van der Waals surface area contributed by atoms with Crippen molar-refractivity contribution in [3.8, 4) is 17.6 Å². The number of rotatable bonds is 12. The number of carbonyl (C=O) groups is 2. The van der Waals surface area contributed by atoms with E-state index in [0.29, 0.717) is 22.4 Å². The Morgan fingerprint density at radius 3 is 2.22 bits per heavy atom. The second-order valence-electron chi connectivity index (χ2n) is 12.8. The number of β-lactam (4-membered cyclic amide) rings is 1. The van der Waals surface area contributed by atoms with Crippen LogP contribution in [0.1, 0.15) is 41.7 Å². The molecule has 6 rings (SSSR count). The molecule has 0 radical (unpaired) electrons. The number of carboxylic acid groups (broad SMARTS) is 1. The van der Waals surface area contributed by atoms with Gasteiger partial charge in [0, 0.05) is 11.3 Å². The van der Waals surface area contributed by atoms with E-state index >= 15 is 0 Å². The minimum Gasteiger partial charge on any atom is -0.479 e. The van der Waals surface area contributed by atoms with E-state index in [1.54, 1.807) is 59.5 Å². The molecule has 2 aliphatic rings. The third-order valence-electron chi connectivity index (χ3n) is 9.29. The molecule has 8 atom stereocenters. The smallest absolute Gasteiger partial charge is 0.335 e. The fourth-order valence-electron chi connectivity index (χ4n) is 6.38. The minimum absolute atomic E-state index is 0.120. The summed E-state index contributed by atoms with van der Waals surface area (Å²) in [5, 5.41) is 50.6. The summed E-state index contributed by atoms with van der Waals surface area (Å²) >= 11 is 0. The van der Waals surface area contributed by atoms with E-state index < -0.39 is 70.6 Å². The summed E-state index contributed by atoms with van der Waals surface area (Å²) in [6.45, 7) is -0.120.